The van der Waals surface area contributed by atoms with E-state index in [4.69, 9.17) is 4.43 Å². The first-order chi connectivity index (χ1) is 9.65. The van der Waals surface area contributed by atoms with Gasteiger partial charge in [-0.05, 0) is 30.3 Å². The highest BCUT2D eigenvalue weighted by Crippen LogP contribution is 2.36. The van der Waals surface area contributed by atoms with Crippen molar-refractivity contribution in [2.45, 2.75) is 38.9 Å². The average molecular weight is 303 g/mol. The Kier molecular flexibility index (Phi) is 3.80. The van der Waals surface area contributed by atoms with Crippen LogP contribution in [-0.2, 0) is 4.43 Å². The Bertz CT molecular complexity index is 579. The first-order valence-electron chi connectivity index (χ1n) is 6.96. The van der Waals surface area contributed by atoms with E-state index in [1.807, 2.05) is 0 Å². The van der Waals surface area contributed by atoms with Gasteiger partial charge in [-0.3, -0.25) is 9.59 Å². The van der Waals surface area contributed by atoms with Gasteiger partial charge >= 0.3 is 0 Å². The van der Waals surface area contributed by atoms with E-state index in [0.717, 1.165) is 4.90 Å². The molecule has 0 unspecified atom stereocenters. The second-order valence-electron chi connectivity index (χ2n) is 6.69. The molecule has 0 spiro atoms. The summed E-state index contributed by atoms with van der Waals surface area (Å²) in [5, 5.41) is 0.0688. The molecule has 112 valence electrons. The zero-order valence-corrected chi connectivity index (χ0v) is 14.1. The molecule has 0 N–H and O–H groups in total. The molecule has 0 aromatic heterocycles. The maximum absolute atomic E-state index is 12.2. The molecule has 1 aliphatic rings. The summed E-state index contributed by atoms with van der Waals surface area (Å²) in [5.41, 5.74) is 0.888. The van der Waals surface area contributed by atoms with Crippen molar-refractivity contribution in [3.63, 3.8) is 0 Å². The standard InChI is InChI=1S/C16H21NO3Si/c1-16(2,3)21(4,5)20-11-10-17-14(18)12-8-6-7-9-13(12)15(17)19/h6-11H,1-5H3. The third-order valence-corrected chi connectivity index (χ3v) is 8.54. The van der Waals surface area contributed by atoms with Gasteiger partial charge < -0.3 is 4.43 Å². The smallest absolute Gasteiger partial charge is 0.265 e. The van der Waals surface area contributed by atoms with Gasteiger partial charge in [0.05, 0.1) is 17.4 Å². The van der Waals surface area contributed by atoms with E-state index in [0.29, 0.717) is 11.1 Å². The maximum atomic E-state index is 12.2. The highest BCUT2D eigenvalue weighted by atomic mass is 28.4. The molecule has 0 radical (unpaired) electrons. The third-order valence-electron chi connectivity index (χ3n) is 4.20. The number of carbonyl (C=O) groups excluding carboxylic acids is 2. The molecule has 21 heavy (non-hydrogen) atoms. The van der Waals surface area contributed by atoms with Crippen molar-refractivity contribution in [2.75, 3.05) is 0 Å². The summed E-state index contributed by atoms with van der Waals surface area (Å²) in [6.45, 7) is 10.6. The number of carbonyl (C=O) groups is 2. The van der Waals surface area contributed by atoms with E-state index >= 15 is 0 Å². The van der Waals surface area contributed by atoms with Crippen LogP contribution in [0.2, 0.25) is 18.1 Å². The molecule has 0 bridgehead atoms. The number of imide groups is 1. The van der Waals surface area contributed by atoms with Gasteiger partial charge in [-0.15, -0.1) is 0 Å². The predicted molar refractivity (Wildman–Crippen MR) is 84.4 cm³/mol. The topological polar surface area (TPSA) is 46.6 Å². The van der Waals surface area contributed by atoms with Crippen molar-refractivity contribution < 1.29 is 14.0 Å². The van der Waals surface area contributed by atoms with Crippen molar-refractivity contribution in [1.29, 1.82) is 0 Å². The molecule has 0 atom stereocenters. The number of hydrogen-bond acceptors (Lipinski definition) is 3. The number of rotatable bonds is 3. The lowest BCUT2D eigenvalue weighted by atomic mass is 10.1. The van der Waals surface area contributed by atoms with Crippen LogP contribution in [-0.4, -0.2) is 25.0 Å². The van der Waals surface area contributed by atoms with Gasteiger partial charge in [0.1, 0.15) is 0 Å². The van der Waals surface area contributed by atoms with Crippen molar-refractivity contribution in [2.24, 2.45) is 0 Å². The van der Waals surface area contributed by atoms with Crippen molar-refractivity contribution in [3.8, 4) is 0 Å². The van der Waals surface area contributed by atoms with Crippen molar-refractivity contribution in [3.05, 3.63) is 47.9 Å². The SMILES string of the molecule is CC(C)(C)[Si](C)(C)OC=CN1C(=O)c2ccccc2C1=O. The predicted octanol–water partition coefficient (Wildman–Crippen LogP) is 3.78. The molecule has 5 heteroatoms. The number of nitrogens with zero attached hydrogens (tertiary/aromatic N) is 1. The first-order valence-corrected chi connectivity index (χ1v) is 9.87. The van der Waals surface area contributed by atoms with Gasteiger partial charge in [-0.1, -0.05) is 32.9 Å². The van der Waals surface area contributed by atoms with Crippen molar-refractivity contribution in [1.82, 2.24) is 4.90 Å². The fourth-order valence-corrected chi connectivity index (χ4v) is 2.54. The van der Waals surface area contributed by atoms with Crippen LogP contribution in [0.5, 0.6) is 0 Å². The Hall–Kier alpha value is -1.88. The minimum Gasteiger partial charge on any atom is -0.548 e. The van der Waals surface area contributed by atoms with Crippen LogP contribution >= 0.6 is 0 Å². The Morgan fingerprint density at radius 1 is 1.05 bits per heavy atom. The fraction of sp³-hybridized carbons (Fsp3) is 0.375. The van der Waals surface area contributed by atoms with Crippen LogP contribution in [0.4, 0.5) is 0 Å². The minimum absolute atomic E-state index is 0.0688. The van der Waals surface area contributed by atoms with Crippen LogP contribution in [0.15, 0.2) is 36.7 Å². The van der Waals surface area contributed by atoms with E-state index in [2.05, 4.69) is 33.9 Å². The van der Waals surface area contributed by atoms with Gasteiger partial charge in [0, 0.05) is 6.20 Å². The zero-order valence-electron chi connectivity index (χ0n) is 13.1. The third kappa shape index (κ3) is 2.78. The van der Waals surface area contributed by atoms with Gasteiger partial charge in [-0.25, -0.2) is 4.90 Å². The molecule has 0 fully saturated rings. The quantitative estimate of drug-likeness (QED) is 0.485. The molecule has 1 aliphatic heterocycles. The molecular formula is C16H21NO3Si. The summed E-state index contributed by atoms with van der Waals surface area (Å²) in [5.74, 6) is -0.601. The minimum atomic E-state index is -1.94. The fourth-order valence-electron chi connectivity index (χ4n) is 1.78. The van der Waals surface area contributed by atoms with Crippen LogP contribution in [0.3, 0.4) is 0 Å². The Balaban J connectivity index is 2.14. The molecule has 1 aromatic rings. The molecule has 0 saturated heterocycles. The molecule has 1 aromatic carbocycles. The Morgan fingerprint density at radius 2 is 1.52 bits per heavy atom. The van der Waals surface area contributed by atoms with Gasteiger partial charge in [-0.2, -0.15) is 0 Å². The van der Waals surface area contributed by atoms with Gasteiger partial charge in [0.15, 0.2) is 0 Å². The summed E-state index contributed by atoms with van der Waals surface area (Å²) >= 11 is 0. The second-order valence-corrected chi connectivity index (χ2v) is 11.4. The molecule has 0 saturated carbocycles. The lowest BCUT2D eigenvalue weighted by Gasteiger charge is -2.35. The maximum Gasteiger partial charge on any atom is 0.265 e. The van der Waals surface area contributed by atoms with Crippen LogP contribution < -0.4 is 0 Å². The number of benzene rings is 1. The zero-order chi connectivity index (χ0) is 15.8. The summed E-state index contributed by atoms with van der Waals surface area (Å²) < 4.78 is 5.86. The molecular weight excluding hydrogens is 282 g/mol. The monoisotopic (exact) mass is 303 g/mol. The normalized spacial score (nSPS) is 15.8. The molecule has 4 nitrogen and oxygen atoms in total. The lowest BCUT2D eigenvalue weighted by molar-refractivity contribution is 0.0718. The summed E-state index contributed by atoms with van der Waals surface area (Å²) in [7, 11) is -1.94. The van der Waals surface area contributed by atoms with Crippen molar-refractivity contribution >= 4 is 20.1 Å². The van der Waals surface area contributed by atoms with E-state index in [-0.39, 0.29) is 16.9 Å². The Labute approximate surface area is 126 Å². The number of amides is 2. The molecule has 2 rings (SSSR count). The first kappa shape index (κ1) is 15.5. The van der Waals surface area contributed by atoms with Gasteiger partial charge in [0.2, 0.25) is 8.32 Å². The second kappa shape index (κ2) is 5.15. The molecule has 0 aliphatic carbocycles. The molecule has 2 amide bonds. The number of hydrogen-bond donors (Lipinski definition) is 0. The number of fused-ring (bicyclic) bond motifs is 1. The van der Waals surface area contributed by atoms with Crippen LogP contribution in [0.1, 0.15) is 41.5 Å². The highest BCUT2D eigenvalue weighted by molar-refractivity contribution is 6.74. The van der Waals surface area contributed by atoms with E-state index in [9.17, 15) is 9.59 Å². The van der Waals surface area contributed by atoms with E-state index < -0.39 is 8.32 Å². The average Bonchev–Trinajstić information content (AvgIpc) is 2.63. The highest BCUT2D eigenvalue weighted by Gasteiger charge is 2.38. The summed E-state index contributed by atoms with van der Waals surface area (Å²) in [6.07, 6.45) is 2.92. The largest absolute Gasteiger partial charge is 0.548 e. The van der Waals surface area contributed by atoms with Gasteiger partial charge in [0.25, 0.3) is 11.8 Å². The van der Waals surface area contributed by atoms with Crippen LogP contribution in [0, 0.1) is 0 Å². The molecule has 1 heterocycles. The lowest BCUT2D eigenvalue weighted by Crippen LogP contribution is -2.39. The van der Waals surface area contributed by atoms with E-state index in [1.54, 1.807) is 24.3 Å². The summed E-state index contributed by atoms with van der Waals surface area (Å²) in [4.78, 5) is 25.4. The van der Waals surface area contributed by atoms with Crippen LogP contribution in [0.25, 0.3) is 0 Å². The Morgan fingerprint density at radius 3 is 1.95 bits per heavy atom. The summed E-state index contributed by atoms with van der Waals surface area (Å²) in [6, 6.07) is 6.84. The van der Waals surface area contributed by atoms with E-state index in [1.165, 1.54) is 12.5 Å².